The van der Waals surface area contributed by atoms with Crippen LogP contribution in [0.4, 0.5) is 5.69 Å². The molecule has 1 saturated heterocycles. The second-order valence-corrected chi connectivity index (χ2v) is 7.38. The molecule has 1 fully saturated rings. The molecule has 4 rings (SSSR count). The van der Waals surface area contributed by atoms with E-state index in [1.165, 1.54) is 0 Å². The van der Waals surface area contributed by atoms with Crippen molar-refractivity contribution in [1.82, 2.24) is 15.1 Å². The van der Waals surface area contributed by atoms with E-state index in [0.717, 1.165) is 29.7 Å². The lowest BCUT2D eigenvalue weighted by Crippen LogP contribution is -2.32. The third-order valence-corrected chi connectivity index (χ3v) is 5.30. The number of hydrogen-bond donors (Lipinski definition) is 2. The van der Waals surface area contributed by atoms with Crippen LogP contribution in [0.25, 0.3) is 0 Å². The largest absolute Gasteiger partial charge is 0.349 e. The number of benzene rings is 2. The summed E-state index contributed by atoms with van der Waals surface area (Å²) in [5.41, 5.74) is 4.22. The van der Waals surface area contributed by atoms with E-state index in [9.17, 15) is 9.59 Å². The molecule has 29 heavy (non-hydrogen) atoms. The summed E-state index contributed by atoms with van der Waals surface area (Å²) in [6.07, 6.45) is 3.99. The van der Waals surface area contributed by atoms with Crippen molar-refractivity contribution in [1.29, 1.82) is 0 Å². The molecule has 0 radical (unpaired) electrons. The fourth-order valence-corrected chi connectivity index (χ4v) is 3.67. The van der Waals surface area contributed by atoms with E-state index < -0.39 is 0 Å². The van der Waals surface area contributed by atoms with Gasteiger partial charge in [0.1, 0.15) is 0 Å². The molecule has 0 bridgehead atoms. The molecule has 2 N–H and O–H groups in total. The van der Waals surface area contributed by atoms with Crippen molar-refractivity contribution in [3.05, 3.63) is 83.2 Å². The fraction of sp³-hybridized carbons (Fsp3) is 0.261. The molecule has 2 heterocycles. The monoisotopic (exact) mass is 388 g/mol. The quantitative estimate of drug-likeness (QED) is 0.697. The highest BCUT2D eigenvalue weighted by Crippen LogP contribution is 2.25. The van der Waals surface area contributed by atoms with Crippen LogP contribution in [0, 0.1) is 6.92 Å². The van der Waals surface area contributed by atoms with Crippen LogP contribution in [-0.2, 0) is 11.3 Å². The van der Waals surface area contributed by atoms with Gasteiger partial charge in [0.15, 0.2) is 0 Å². The highest BCUT2D eigenvalue weighted by atomic mass is 16.2. The summed E-state index contributed by atoms with van der Waals surface area (Å²) in [6.45, 7) is 2.52. The maximum Gasteiger partial charge on any atom is 0.259 e. The zero-order chi connectivity index (χ0) is 20.2. The van der Waals surface area contributed by atoms with Crippen LogP contribution in [0.3, 0.4) is 0 Å². The van der Waals surface area contributed by atoms with Crippen molar-refractivity contribution in [3.63, 3.8) is 0 Å². The molecule has 0 spiro atoms. The molecule has 1 unspecified atom stereocenters. The maximum atomic E-state index is 12.8. The first kappa shape index (κ1) is 18.9. The molecule has 6 nitrogen and oxygen atoms in total. The molecule has 2 amide bonds. The number of aromatic nitrogens is 2. The standard InChI is InChI=1S/C23H24N4O2/c1-16-20(14-24-27(16)15-17-7-3-2-4-8-17)23(29)25-19-10-5-9-18(13-19)21-11-6-12-22(28)26-21/h2-5,7-10,13-14,21H,6,11-12,15H2,1H3,(H,25,29)(H,26,28). The summed E-state index contributed by atoms with van der Waals surface area (Å²) < 4.78 is 1.83. The number of piperidine rings is 1. The van der Waals surface area contributed by atoms with Gasteiger partial charge in [0.2, 0.25) is 5.91 Å². The summed E-state index contributed by atoms with van der Waals surface area (Å²) in [5.74, 6) is -0.108. The van der Waals surface area contributed by atoms with Gasteiger partial charge in [-0.15, -0.1) is 0 Å². The first-order chi connectivity index (χ1) is 14.1. The van der Waals surface area contributed by atoms with Crippen LogP contribution < -0.4 is 10.6 Å². The summed E-state index contributed by atoms with van der Waals surface area (Å²) in [6, 6.07) is 17.7. The van der Waals surface area contributed by atoms with Gasteiger partial charge in [-0.1, -0.05) is 42.5 Å². The molecule has 1 aromatic heterocycles. The van der Waals surface area contributed by atoms with Gasteiger partial charge >= 0.3 is 0 Å². The zero-order valence-corrected chi connectivity index (χ0v) is 16.4. The highest BCUT2D eigenvalue weighted by Gasteiger charge is 2.20. The Balaban J connectivity index is 1.47. The number of nitrogens with one attached hydrogen (secondary N) is 2. The van der Waals surface area contributed by atoms with Crippen molar-refractivity contribution < 1.29 is 9.59 Å². The van der Waals surface area contributed by atoms with Crippen molar-refractivity contribution >= 4 is 17.5 Å². The Labute approximate surface area is 169 Å². The van der Waals surface area contributed by atoms with Crippen LogP contribution in [0.15, 0.2) is 60.8 Å². The van der Waals surface area contributed by atoms with Crippen LogP contribution in [-0.4, -0.2) is 21.6 Å². The number of carbonyl (C=O) groups excluding carboxylic acids is 2. The predicted octanol–water partition coefficient (Wildman–Crippen LogP) is 3.83. The Morgan fingerprint density at radius 3 is 2.83 bits per heavy atom. The Morgan fingerprint density at radius 2 is 2.03 bits per heavy atom. The molecule has 6 heteroatoms. The van der Waals surface area contributed by atoms with Crippen molar-refractivity contribution in [2.24, 2.45) is 0 Å². The third kappa shape index (κ3) is 4.37. The van der Waals surface area contributed by atoms with Gasteiger partial charge in [-0.05, 0) is 43.0 Å². The number of nitrogens with zero attached hydrogens (tertiary/aromatic N) is 2. The summed E-state index contributed by atoms with van der Waals surface area (Å²) in [4.78, 5) is 24.5. The highest BCUT2D eigenvalue weighted by molar-refractivity contribution is 6.04. The smallest absolute Gasteiger partial charge is 0.259 e. The van der Waals surface area contributed by atoms with E-state index in [4.69, 9.17) is 0 Å². The van der Waals surface area contributed by atoms with Gasteiger partial charge in [-0.2, -0.15) is 5.10 Å². The molecular weight excluding hydrogens is 364 g/mol. The first-order valence-electron chi connectivity index (χ1n) is 9.87. The Kier molecular flexibility index (Phi) is 5.42. The minimum Gasteiger partial charge on any atom is -0.349 e. The maximum absolute atomic E-state index is 12.8. The number of rotatable bonds is 5. The number of amides is 2. The van der Waals surface area contributed by atoms with E-state index in [1.807, 2.05) is 66.2 Å². The number of hydrogen-bond acceptors (Lipinski definition) is 3. The van der Waals surface area contributed by atoms with E-state index >= 15 is 0 Å². The first-order valence-corrected chi connectivity index (χ1v) is 9.87. The van der Waals surface area contributed by atoms with Gasteiger partial charge in [0.05, 0.1) is 24.3 Å². The molecule has 3 aromatic rings. The zero-order valence-electron chi connectivity index (χ0n) is 16.4. The lowest BCUT2D eigenvalue weighted by molar-refractivity contribution is -0.123. The molecule has 1 atom stereocenters. The molecule has 0 aliphatic carbocycles. The average Bonchev–Trinajstić information content (AvgIpc) is 3.09. The normalized spacial score (nSPS) is 16.3. The topological polar surface area (TPSA) is 76.0 Å². The molecule has 1 aliphatic rings. The van der Waals surface area contributed by atoms with Crippen LogP contribution in [0.1, 0.15) is 52.5 Å². The Bertz CT molecular complexity index is 1030. The van der Waals surface area contributed by atoms with Crippen molar-refractivity contribution in [2.75, 3.05) is 5.32 Å². The van der Waals surface area contributed by atoms with Crippen LogP contribution >= 0.6 is 0 Å². The average molecular weight is 388 g/mol. The number of anilines is 1. The fourth-order valence-electron chi connectivity index (χ4n) is 3.67. The molecular formula is C23H24N4O2. The molecule has 0 saturated carbocycles. The second-order valence-electron chi connectivity index (χ2n) is 7.38. The van der Waals surface area contributed by atoms with Gasteiger partial charge in [-0.3, -0.25) is 14.3 Å². The van der Waals surface area contributed by atoms with Crippen molar-refractivity contribution in [3.8, 4) is 0 Å². The van der Waals surface area contributed by atoms with E-state index in [0.29, 0.717) is 24.2 Å². The summed E-state index contributed by atoms with van der Waals surface area (Å²) >= 11 is 0. The Morgan fingerprint density at radius 1 is 1.21 bits per heavy atom. The number of carbonyl (C=O) groups is 2. The third-order valence-electron chi connectivity index (χ3n) is 5.30. The van der Waals surface area contributed by atoms with E-state index in [-0.39, 0.29) is 17.9 Å². The minimum absolute atomic E-state index is 0.00320. The molecule has 1 aliphatic heterocycles. The van der Waals surface area contributed by atoms with E-state index in [2.05, 4.69) is 15.7 Å². The summed E-state index contributed by atoms with van der Waals surface area (Å²) in [7, 11) is 0. The van der Waals surface area contributed by atoms with Gasteiger partial charge in [0, 0.05) is 17.8 Å². The lowest BCUT2D eigenvalue weighted by Gasteiger charge is -2.24. The van der Waals surface area contributed by atoms with Crippen LogP contribution in [0.5, 0.6) is 0 Å². The predicted molar refractivity (Wildman–Crippen MR) is 112 cm³/mol. The van der Waals surface area contributed by atoms with E-state index in [1.54, 1.807) is 6.20 Å². The summed E-state index contributed by atoms with van der Waals surface area (Å²) in [5, 5.41) is 10.4. The Hall–Kier alpha value is -3.41. The van der Waals surface area contributed by atoms with Crippen LogP contribution in [0.2, 0.25) is 0 Å². The molecule has 2 aromatic carbocycles. The minimum atomic E-state index is -0.188. The van der Waals surface area contributed by atoms with Gasteiger partial charge in [0.25, 0.3) is 5.91 Å². The lowest BCUT2D eigenvalue weighted by atomic mass is 9.97. The van der Waals surface area contributed by atoms with Gasteiger partial charge < -0.3 is 10.6 Å². The van der Waals surface area contributed by atoms with Gasteiger partial charge in [-0.25, -0.2) is 0 Å². The second kappa shape index (κ2) is 8.31. The SMILES string of the molecule is Cc1c(C(=O)Nc2cccc(C3CCCC(=O)N3)c2)cnn1Cc1ccccc1. The van der Waals surface area contributed by atoms with Crippen molar-refractivity contribution in [2.45, 2.75) is 38.8 Å². The molecule has 148 valence electrons.